The Bertz CT molecular complexity index is 404. The summed E-state index contributed by atoms with van der Waals surface area (Å²) in [5.74, 6) is 1.31. The van der Waals surface area contributed by atoms with Crippen molar-refractivity contribution in [3.8, 4) is 0 Å². The van der Waals surface area contributed by atoms with Crippen LogP contribution in [0.3, 0.4) is 0 Å². The van der Waals surface area contributed by atoms with Gasteiger partial charge in [0.25, 0.3) is 0 Å². The Kier molecular flexibility index (Phi) is 8.99. The summed E-state index contributed by atoms with van der Waals surface area (Å²) in [4.78, 5) is 4.15. The molecule has 0 atom stereocenters. The highest BCUT2D eigenvalue weighted by molar-refractivity contribution is 14.0. The van der Waals surface area contributed by atoms with Crippen LogP contribution < -0.4 is 10.6 Å². The molecule has 1 aliphatic heterocycles. The number of aliphatic imine (C=N–C) groups is 1. The van der Waals surface area contributed by atoms with Crippen molar-refractivity contribution >= 4 is 40.0 Å². The molecule has 0 aromatic rings. The maximum atomic E-state index is 11.4. The van der Waals surface area contributed by atoms with Crippen molar-refractivity contribution in [2.75, 3.05) is 32.9 Å². The van der Waals surface area contributed by atoms with Crippen molar-refractivity contribution < 1.29 is 8.42 Å². The van der Waals surface area contributed by atoms with Crippen LogP contribution in [0.5, 0.6) is 0 Å². The summed E-state index contributed by atoms with van der Waals surface area (Å²) >= 11 is 0. The first-order valence-corrected chi connectivity index (χ1v) is 8.60. The third kappa shape index (κ3) is 7.07. The van der Waals surface area contributed by atoms with Crippen LogP contribution in [0, 0.1) is 5.92 Å². The van der Waals surface area contributed by atoms with E-state index in [2.05, 4.69) is 29.5 Å². The Morgan fingerprint density at radius 1 is 1.35 bits per heavy atom. The van der Waals surface area contributed by atoms with Gasteiger partial charge in [-0.3, -0.25) is 4.99 Å². The SMILES string of the molecule is CN=C(NCC1CCN(S(C)(=O)=O)CC1)NC(C)C.I. The Morgan fingerprint density at radius 2 is 1.90 bits per heavy atom. The number of rotatable bonds is 4. The van der Waals surface area contributed by atoms with Crippen LogP contribution in [-0.2, 0) is 10.0 Å². The maximum Gasteiger partial charge on any atom is 0.211 e. The largest absolute Gasteiger partial charge is 0.356 e. The number of nitrogens with zero attached hydrogens (tertiary/aromatic N) is 2. The number of halogens is 1. The molecular weight excluding hydrogens is 391 g/mol. The van der Waals surface area contributed by atoms with E-state index in [-0.39, 0.29) is 24.0 Å². The smallest absolute Gasteiger partial charge is 0.211 e. The molecule has 0 aromatic heterocycles. The van der Waals surface area contributed by atoms with Crippen molar-refractivity contribution in [2.24, 2.45) is 10.9 Å². The Morgan fingerprint density at radius 3 is 2.30 bits per heavy atom. The van der Waals surface area contributed by atoms with Crippen molar-refractivity contribution in [2.45, 2.75) is 32.7 Å². The van der Waals surface area contributed by atoms with Crippen LogP contribution in [0.2, 0.25) is 0 Å². The molecule has 1 rings (SSSR count). The van der Waals surface area contributed by atoms with Gasteiger partial charge in [-0.1, -0.05) is 0 Å². The molecule has 6 nitrogen and oxygen atoms in total. The van der Waals surface area contributed by atoms with Crippen LogP contribution in [0.4, 0.5) is 0 Å². The summed E-state index contributed by atoms with van der Waals surface area (Å²) in [5, 5.41) is 6.53. The second kappa shape index (κ2) is 9.04. The monoisotopic (exact) mass is 418 g/mol. The van der Waals surface area contributed by atoms with E-state index in [1.54, 1.807) is 11.4 Å². The summed E-state index contributed by atoms with van der Waals surface area (Å²) in [6.07, 6.45) is 3.08. The molecule has 0 aromatic carbocycles. The molecule has 0 spiro atoms. The molecule has 1 heterocycles. The zero-order valence-electron chi connectivity index (χ0n) is 12.7. The van der Waals surface area contributed by atoms with E-state index in [9.17, 15) is 8.42 Å². The van der Waals surface area contributed by atoms with Crippen LogP contribution >= 0.6 is 24.0 Å². The molecule has 120 valence electrons. The predicted octanol–water partition coefficient (Wildman–Crippen LogP) is 0.849. The number of hydrogen-bond acceptors (Lipinski definition) is 3. The summed E-state index contributed by atoms with van der Waals surface area (Å²) in [6, 6.07) is 0.346. The molecule has 2 N–H and O–H groups in total. The fourth-order valence-corrected chi connectivity index (χ4v) is 3.03. The topological polar surface area (TPSA) is 73.8 Å². The first-order valence-electron chi connectivity index (χ1n) is 6.75. The van der Waals surface area contributed by atoms with E-state index >= 15 is 0 Å². The van der Waals surface area contributed by atoms with E-state index < -0.39 is 10.0 Å². The summed E-state index contributed by atoms with van der Waals surface area (Å²) in [7, 11) is -1.27. The Labute approximate surface area is 139 Å². The molecule has 0 saturated carbocycles. The van der Waals surface area contributed by atoms with Gasteiger partial charge in [-0.25, -0.2) is 12.7 Å². The summed E-state index contributed by atoms with van der Waals surface area (Å²) < 4.78 is 24.4. The van der Waals surface area contributed by atoms with Crippen molar-refractivity contribution in [3.63, 3.8) is 0 Å². The van der Waals surface area contributed by atoms with Crippen molar-refractivity contribution in [1.82, 2.24) is 14.9 Å². The number of piperidine rings is 1. The van der Waals surface area contributed by atoms with E-state index in [0.717, 1.165) is 25.3 Å². The highest BCUT2D eigenvalue weighted by Gasteiger charge is 2.24. The number of hydrogen-bond donors (Lipinski definition) is 2. The number of guanidine groups is 1. The van der Waals surface area contributed by atoms with E-state index in [4.69, 9.17) is 0 Å². The lowest BCUT2D eigenvalue weighted by atomic mass is 9.98. The van der Waals surface area contributed by atoms with Gasteiger partial charge in [0.2, 0.25) is 10.0 Å². The third-order valence-corrected chi connectivity index (χ3v) is 4.55. The molecule has 0 unspecified atom stereocenters. The van der Waals surface area contributed by atoms with Crippen molar-refractivity contribution in [3.05, 3.63) is 0 Å². The van der Waals surface area contributed by atoms with Crippen molar-refractivity contribution in [1.29, 1.82) is 0 Å². The van der Waals surface area contributed by atoms with Crippen LogP contribution in [0.15, 0.2) is 4.99 Å². The average molecular weight is 418 g/mol. The maximum absolute atomic E-state index is 11.4. The van der Waals surface area contributed by atoms with Crippen LogP contribution in [0.25, 0.3) is 0 Å². The lowest BCUT2D eigenvalue weighted by molar-refractivity contribution is 0.274. The molecule has 0 amide bonds. The average Bonchev–Trinajstić information content (AvgIpc) is 2.33. The summed E-state index contributed by atoms with van der Waals surface area (Å²) in [6.45, 7) is 6.22. The second-order valence-corrected chi connectivity index (χ2v) is 7.34. The number of sulfonamides is 1. The lowest BCUT2D eigenvalue weighted by Crippen LogP contribution is -2.45. The van der Waals surface area contributed by atoms with E-state index in [0.29, 0.717) is 25.0 Å². The van der Waals surface area contributed by atoms with Crippen LogP contribution in [-0.4, -0.2) is 57.7 Å². The first-order chi connectivity index (χ1) is 8.82. The molecule has 20 heavy (non-hydrogen) atoms. The quantitative estimate of drug-likeness (QED) is 0.404. The van der Waals surface area contributed by atoms with Gasteiger partial charge in [0.15, 0.2) is 5.96 Å². The Balaban J connectivity index is 0.00000361. The molecule has 1 saturated heterocycles. The molecule has 0 aliphatic carbocycles. The van der Waals surface area contributed by atoms with E-state index in [1.807, 2.05) is 0 Å². The molecule has 1 aliphatic rings. The molecule has 0 radical (unpaired) electrons. The first kappa shape index (κ1) is 19.9. The van der Waals surface area contributed by atoms with Gasteiger partial charge in [0.05, 0.1) is 6.26 Å². The van der Waals surface area contributed by atoms with Crippen LogP contribution in [0.1, 0.15) is 26.7 Å². The number of nitrogens with one attached hydrogen (secondary N) is 2. The molecular formula is C12H27IN4O2S. The fraction of sp³-hybridized carbons (Fsp3) is 0.917. The van der Waals surface area contributed by atoms with Gasteiger partial charge >= 0.3 is 0 Å². The summed E-state index contributed by atoms with van der Waals surface area (Å²) in [5.41, 5.74) is 0. The van der Waals surface area contributed by atoms with E-state index in [1.165, 1.54) is 6.26 Å². The van der Waals surface area contributed by atoms with Gasteiger partial charge < -0.3 is 10.6 Å². The standard InChI is InChI=1S/C12H26N4O2S.HI/c1-10(2)15-12(13-3)14-9-11-5-7-16(8-6-11)19(4,17)18;/h10-11H,5-9H2,1-4H3,(H2,13,14,15);1H. The van der Waals surface area contributed by atoms with Gasteiger partial charge in [-0.15, -0.1) is 24.0 Å². The highest BCUT2D eigenvalue weighted by Crippen LogP contribution is 2.18. The highest BCUT2D eigenvalue weighted by atomic mass is 127. The molecule has 1 fully saturated rings. The fourth-order valence-electron chi connectivity index (χ4n) is 2.15. The minimum absolute atomic E-state index is 0. The van der Waals surface area contributed by atoms with Gasteiger partial charge in [0, 0.05) is 32.7 Å². The zero-order chi connectivity index (χ0) is 14.5. The normalized spacial score (nSPS) is 18.8. The zero-order valence-corrected chi connectivity index (χ0v) is 15.9. The molecule has 0 bridgehead atoms. The molecule has 8 heteroatoms. The predicted molar refractivity (Wildman–Crippen MR) is 94.2 cm³/mol. The Hall–Kier alpha value is -0.0900. The lowest BCUT2D eigenvalue weighted by Gasteiger charge is -2.30. The van der Waals surface area contributed by atoms with Gasteiger partial charge in [0.1, 0.15) is 0 Å². The minimum atomic E-state index is -3.02. The second-order valence-electron chi connectivity index (χ2n) is 5.36. The minimum Gasteiger partial charge on any atom is -0.356 e. The third-order valence-electron chi connectivity index (χ3n) is 3.25. The van der Waals surface area contributed by atoms with Gasteiger partial charge in [-0.2, -0.15) is 0 Å². The van der Waals surface area contributed by atoms with Gasteiger partial charge in [-0.05, 0) is 32.6 Å².